The van der Waals surface area contributed by atoms with Gasteiger partial charge in [0.05, 0.1) is 13.2 Å². The van der Waals surface area contributed by atoms with E-state index in [4.69, 9.17) is 24.8 Å². The monoisotopic (exact) mass is 812 g/mol. The van der Waals surface area contributed by atoms with E-state index in [0.29, 0.717) is 12.8 Å². The first-order valence-electron chi connectivity index (χ1n) is 21.7. The number of nitrogens with two attached hydrogens (primary N) is 1. The zero-order chi connectivity index (χ0) is 41.4. The van der Waals surface area contributed by atoms with E-state index in [1.165, 1.54) is 57.8 Å². The Morgan fingerprint density at radius 2 is 0.946 bits per heavy atom. The van der Waals surface area contributed by atoms with Gasteiger partial charge in [0, 0.05) is 12.8 Å². The maximum Gasteiger partial charge on any atom is 0.472 e. The molecular formula is C44H78NO10P. The number of carboxylic acid groups (broad SMARTS) is 1. The van der Waals surface area contributed by atoms with Gasteiger partial charge >= 0.3 is 25.7 Å². The van der Waals surface area contributed by atoms with E-state index >= 15 is 0 Å². The summed E-state index contributed by atoms with van der Waals surface area (Å²) in [5, 5.41) is 8.89. The van der Waals surface area contributed by atoms with Gasteiger partial charge < -0.3 is 25.2 Å². The van der Waals surface area contributed by atoms with E-state index in [2.05, 4.69) is 67.0 Å². The first-order chi connectivity index (χ1) is 27.1. The number of phosphoric ester groups is 1. The van der Waals surface area contributed by atoms with Gasteiger partial charge in [0.25, 0.3) is 0 Å². The molecule has 0 amide bonds. The summed E-state index contributed by atoms with van der Waals surface area (Å²) in [5.74, 6) is -2.41. The van der Waals surface area contributed by atoms with Crippen LogP contribution in [-0.2, 0) is 37.5 Å². The Kier molecular flexibility index (Phi) is 37.5. The minimum Gasteiger partial charge on any atom is -0.480 e. The molecule has 0 aromatic carbocycles. The van der Waals surface area contributed by atoms with Crippen molar-refractivity contribution < 1.29 is 47.5 Å². The van der Waals surface area contributed by atoms with Crippen molar-refractivity contribution in [2.24, 2.45) is 5.73 Å². The van der Waals surface area contributed by atoms with E-state index in [-0.39, 0.29) is 19.4 Å². The number of rotatable bonds is 40. The summed E-state index contributed by atoms with van der Waals surface area (Å²) < 4.78 is 32.7. The van der Waals surface area contributed by atoms with Gasteiger partial charge in [0.15, 0.2) is 6.10 Å². The third-order valence-corrected chi connectivity index (χ3v) is 10.0. The van der Waals surface area contributed by atoms with Crippen LogP contribution in [0.25, 0.3) is 0 Å². The smallest absolute Gasteiger partial charge is 0.472 e. The number of hydrogen-bond donors (Lipinski definition) is 3. The summed E-state index contributed by atoms with van der Waals surface area (Å²) in [6.07, 6.45) is 43.1. The molecule has 0 bridgehead atoms. The van der Waals surface area contributed by atoms with Gasteiger partial charge in [0.1, 0.15) is 12.6 Å². The molecule has 11 nitrogen and oxygen atoms in total. The number of carbonyl (C=O) groups excluding carboxylic acids is 2. The highest BCUT2D eigenvalue weighted by atomic mass is 31.2. The predicted octanol–water partition coefficient (Wildman–Crippen LogP) is 11.4. The van der Waals surface area contributed by atoms with Gasteiger partial charge in [0.2, 0.25) is 0 Å². The Hall–Kier alpha value is -2.56. The average molecular weight is 812 g/mol. The molecule has 0 heterocycles. The van der Waals surface area contributed by atoms with Crippen molar-refractivity contribution in [1.29, 1.82) is 0 Å². The number of allylic oxidation sites excluding steroid dienone is 8. The molecule has 56 heavy (non-hydrogen) atoms. The standard InChI is InChI=1S/C44H78NO10P/c1-3-5-7-9-11-13-15-17-19-20-22-24-26-28-30-32-34-36-43(47)55-40(38-53-56(50,51)54-39-41(45)44(48)49)37-52-42(46)35-33-31-29-27-25-23-21-18-16-14-12-10-8-6-4-2/h11-14,17-19,21,40-41H,3-10,15-16,20,22-39,45H2,1-2H3,(H,48,49)(H,50,51)/b13-11-,14-12-,19-17-,21-18-/t40-,41+/m1/s1. The van der Waals surface area contributed by atoms with Crippen LogP contribution in [0.3, 0.4) is 0 Å². The lowest BCUT2D eigenvalue weighted by molar-refractivity contribution is -0.161. The van der Waals surface area contributed by atoms with Gasteiger partial charge in [-0.25, -0.2) is 4.57 Å². The highest BCUT2D eigenvalue weighted by Gasteiger charge is 2.28. The Labute approximate surface area is 339 Å². The SMILES string of the molecule is CCCCC/C=C\C/C=C\CCCCCCCCCC(=O)O[C@H](COC(=O)CCCCCCC/C=C\C/C=C\CCCCC)COP(=O)(O)OC[C@H](N)C(=O)O. The third kappa shape index (κ3) is 38.3. The van der Waals surface area contributed by atoms with E-state index in [1.54, 1.807) is 0 Å². The molecule has 0 fully saturated rings. The second-order valence-corrected chi connectivity index (χ2v) is 15.9. The van der Waals surface area contributed by atoms with E-state index in [9.17, 15) is 23.8 Å². The number of unbranched alkanes of at least 4 members (excludes halogenated alkanes) is 18. The number of phosphoric acid groups is 1. The zero-order valence-electron chi connectivity index (χ0n) is 35.0. The van der Waals surface area contributed by atoms with Gasteiger partial charge in [-0.05, 0) is 77.0 Å². The van der Waals surface area contributed by atoms with Crippen LogP contribution < -0.4 is 5.73 Å². The summed E-state index contributed by atoms with van der Waals surface area (Å²) in [6.45, 7) is 2.72. The lowest BCUT2D eigenvalue weighted by Gasteiger charge is -2.20. The van der Waals surface area contributed by atoms with Crippen LogP contribution in [0, 0.1) is 0 Å². The van der Waals surface area contributed by atoms with Crippen LogP contribution in [0.15, 0.2) is 48.6 Å². The van der Waals surface area contributed by atoms with E-state index < -0.39 is 51.1 Å². The molecule has 0 radical (unpaired) electrons. The van der Waals surface area contributed by atoms with Crippen molar-refractivity contribution in [3.63, 3.8) is 0 Å². The molecule has 0 aromatic rings. The molecule has 0 saturated heterocycles. The summed E-state index contributed by atoms with van der Waals surface area (Å²) in [7, 11) is -4.72. The fourth-order valence-electron chi connectivity index (χ4n) is 5.59. The predicted molar refractivity (Wildman–Crippen MR) is 226 cm³/mol. The van der Waals surface area contributed by atoms with Gasteiger partial charge in [-0.1, -0.05) is 140 Å². The summed E-state index contributed by atoms with van der Waals surface area (Å²) >= 11 is 0. The highest BCUT2D eigenvalue weighted by molar-refractivity contribution is 7.47. The Bertz CT molecular complexity index is 1140. The van der Waals surface area contributed by atoms with Crippen molar-refractivity contribution in [2.45, 2.75) is 193 Å². The molecule has 0 saturated carbocycles. The molecule has 0 aliphatic heterocycles. The second-order valence-electron chi connectivity index (χ2n) is 14.5. The number of esters is 2. The maximum atomic E-state index is 12.6. The molecule has 3 atom stereocenters. The number of carbonyl (C=O) groups is 3. The fourth-order valence-corrected chi connectivity index (χ4v) is 6.37. The molecule has 0 aromatic heterocycles. The lowest BCUT2D eigenvalue weighted by Crippen LogP contribution is -2.34. The summed E-state index contributed by atoms with van der Waals surface area (Å²) in [5.41, 5.74) is 5.33. The van der Waals surface area contributed by atoms with Crippen LogP contribution in [0.4, 0.5) is 0 Å². The molecule has 0 aliphatic rings. The molecule has 0 aliphatic carbocycles. The molecule has 0 rings (SSSR count). The van der Waals surface area contributed by atoms with Gasteiger partial charge in [-0.15, -0.1) is 0 Å². The Morgan fingerprint density at radius 1 is 0.554 bits per heavy atom. The second kappa shape index (κ2) is 39.3. The van der Waals surface area contributed by atoms with Crippen molar-refractivity contribution in [2.75, 3.05) is 19.8 Å². The first kappa shape index (κ1) is 53.4. The number of ether oxygens (including phenoxy) is 2. The van der Waals surface area contributed by atoms with Crippen molar-refractivity contribution in [1.82, 2.24) is 0 Å². The van der Waals surface area contributed by atoms with Crippen LogP contribution >= 0.6 is 7.82 Å². The fraction of sp³-hybridized carbons (Fsp3) is 0.750. The Balaban J connectivity index is 4.41. The average Bonchev–Trinajstić information content (AvgIpc) is 3.17. The number of hydrogen-bond acceptors (Lipinski definition) is 9. The quantitative estimate of drug-likeness (QED) is 0.0233. The Morgan fingerprint density at radius 3 is 1.39 bits per heavy atom. The molecule has 4 N–H and O–H groups in total. The van der Waals surface area contributed by atoms with Gasteiger partial charge in [-0.3, -0.25) is 23.4 Å². The molecule has 0 spiro atoms. The number of carboxylic acids is 1. The van der Waals surface area contributed by atoms with Crippen molar-refractivity contribution in [3.05, 3.63) is 48.6 Å². The largest absolute Gasteiger partial charge is 0.480 e. The maximum absolute atomic E-state index is 12.6. The summed E-state index contributed by atoms with van der Waals surface area (Å²) in [6, 6.07) is -1.53. The molecular weight excluding hydrogens is 733 g/mol. The molecule has 1 unspecified atom stereocenters. The zero-order valence-corrected chi connectivity index (χ0v) is 35.9. The number of aliphatic carboxylic acids is 1. The topological polar surface area (TPSA) is 172 Å². The molecule has 12 heteroatoms. The van der Waals surface area contributed by atoms with Crippen molar-refractivity contribution >= 4 is 25.7 Å². The van der Waals surface area contributed by atoms with E-state index in [1.807, 2.05) is 0 Å². The van der Waals surface area contributed by atoms with Crippen LogP contribution in [0.1, 0.15) is 181 Å². The van der Waals surface area contributed by atoms with Gasteiger partial charge in [-0.2, -0.15) is 0 Å². The van der Waals surface area contributed by atoms with Crippen molar-refractivity contribution in [3.8, 4) is 0 Å². The van der Waals surface area contributed by atoms with Crippen LogP contribution in [-0.4, -0.2) is 59.9 Å². The normalized spacial score (nSPS) is 14.2. The lowest BCUT2D eigenvalue weighted by atomic mass is 10.1. The first-order valence-corrected chi connectivity index (χ1v) is 23.2. The highest BCUT2D eigenvalue weighted by Crippen LogP contribution is 2.43. The van der Waals surface area contributed by atoms with E-state index in [0.717, 1.165) is 83.5 Å². The van der Waals surface area contributed by atoms with Crippen LogP contribution in [0.2, 0.25) is 0 Å². The van der Waals surface area contributed by atoms with Crippen LogP contribution in [0.5, 0.6) is 0 Å². The minimum atomic E-state index is -4.72. The third-order valence-electron chi connectivity index (χ3n) is 9.05. The molecule has 324 valence electrons. The summed E-state index contributed by atoms with van der Waals surface area (Å²) in [4.78, 5) is 45.9. The minimum absolute atomic E-state index is 0.148.